The summed E-state index contributed by atoms with van der Waals surface area (Å²) in [6.07, 6.45) is 2.80. The molecule has 1 aromatic heterocycles. The maximum absolute atomic E-state index is 12.0. The van der Waals surface area contributed by atoms with Crippen molar-refractivity contribution in [3.63, 3.8) is 0 Å². The molecule has 0 aromatic carbocycles. The van der Waals surface area contributed by atoms with Crippen molar-refractivity contribution in [1.29, 1.82) is 0 Å². The van der Waals surface area contributed by atoms with Crippen molar-refractivity contribution in [3.8, 4) is 0 Å². The maximum atomic E-state index is 12.0. The molecule has 3 nitrogen and oxygen atoms in total. The second-order valence-corrected chi connectivity index (χ2v) is 5.17. The molecule has 1 aromatic rings. The number of carbonyl (C=O) groups excluding carboxylic acids is 1. The maximum Gasteiger partial charge on any atom is 0.227 e. The lowest BCUT2D eigenvalue weighted by molar-refractivity contribution is -0.132. The molecule has 1 aliphatic rings. The summed E-state index contributed by atoms with van der Waals surface area (Å²) in [5.41, 5.74) is 6.79. The largest absolute Gasteiger partial charge is 0.342 e. The van der Waals surface area contributed by atoms with Crippen LogP contribution in [0.15, 0.2) is 16.8 Å². The van der Waals surface area contributed by atoms with Crippen LogP contribution in [-0.2, 0) is 11.2 Å². The van der Waals surface area contributed by atoms with Crippen molar-refractivity contribution in [2.75, 3.05) is 19.6 Å². The molecule has 96 valence electrons. The summed E-state index contributed by atoms with van der Waals surface area (Å²) in [5, 5.41) is 4.06. The first-order valence-corrected chi connectivity index (χ1v) is 6.73. The normalized spacial score (nSPS) is 19.8. The summed E-state index contributed by atoms with van der Waals surface area (Å²) in [7, 11) is 0. The number of thiophene rings is 1. The molecule has 0 spiro atoms. The van der Waals surface area contributed by atoms with Crippen molar-refractivity contribution < 1.29 is 4.79 Å². The van der Waals surface area contributed by atoms with Crippen LogP contribution in [-0.4, -0.2) is 30.4 Å². The van der Waals surface area contributed by atoms with E-state index in [1.54, 1.807) is 11.3 Å². The van der Waals surface area contributed by atoms with Crippen molar-refractivity contribution >= 4 is 29.7 Å². The highest BCUT2D eigenvalue weighted by molar-refractivity contribution is 7.07. The first kappa shape index (κ1) is 14.5. The smallest absolute Gasteiger partial charge is 0.227 e. The lowest BCUT2D eigenvalue weighted by atomic mass is 9.98. The summed E-state index contributed by atoms with van der Waals surface area (Å²) in [5.74, 6) is 0.747. The molecule has 2 heterocycles. The van der Waals surface area contributed by atoms with Gasteiger partial charge in [-0.3, -0.25) is 4.79 Å². The lowest BCUT2D eigenvalue weighted by Crippen LogP contribution is -2.42. The zero-order valence-electron chi connectivity index (χ0n) is 9.80. The monoisotopic (exact) mass is 274 g/mol. The third kappa shape index (κ3) is 3.98. The van der Waals surface area contributed by atoms with Crippen LogP contribution >= 0.6 is 23.7 Å². The molecule has 2 N–H and O–H groups in total. The van der Waals surface area contributed by atoms with Crippen LogP contribution in [0, 0.1) is 5.92 Å². The average Bonchev–Trinajstić information content (AvgIpc) is 2.82. The van der Waals surface area contributed by atoms with Crippen molar-refractivity contribution in [2.24, 2.45) is 11.7 Å². The van der Waals surface area contributed by atoms with Crippen LogP contribution < -0.4 is 5.73 Å². The number of piperidine rings is 1. The number of carbonyl (C=O) groups is 1. The topological polar surface area (TPSA) is 46.3 Å². The minimum Gasteiger partial charge on any atom is -0.342 e. The minimum atomic E-state index is 0. The van der Waals surface area contributed by atoms with Gasteiger partial charge < -0.3 is 10.6 Å². The summed E-state index contributed by atoms with van der Waals surface area (Å²) < 4.78 is 0. The third-order valence-corrected chi connectivity index (χ3v) is 3.87. The number of rotatable bonds is 3. The number of hydrogen-bond acceptors (Lipinski definition) is 3. The Bertz CT molecular complexity index is 342. The van der Waals surface area contributed by atoms with Crippen molar-refractivity contribution in [2.45, 2.75) is 19.3 Å². The first-order chi connectivity index (χ1) is 7.79. The van der Waals surface area contributed by atoms with Crippen LogP contribution in [0.4, 0.5) is 0 Å². The Balaban J connectivity index is 0.00000144. The van der Waals surface area contributed by atoms with E-state index in [9.17, 15) is 4.79 Å². The fourth-order valence-corrected chi connectivity index (χ4v) is 2.83. The summed E-state index contributed by atoms with van der Waals surface area (Å²) in [4.78, 5) is 14.0. The van der Waals surface area contributed by atoms with Gasteiger partial charge in [-0.1, -0.05) is 0 Å². The molecular weight excluding hydrogens is 256 g/mol. The van der Waals surface area contributed by atoms with E-state index >= 15 is 0 Å². The zero-order valence-corrected chi connectivity index (χ0v) is 11.4. The average molecular weight is 275 g/mol. The van der Waals surface area contributed by atoms with Gasteiger partial charge >= 0.3 is 0 Å². The van der Waals surface area contributed by atoms with E-state index in [2.05, 4.69) is 0 Å². The second-order valence-electron chi connectivity index (χ2n) is 4.39. The predicted molar refractivity (Wildman–Crippen MR) is 73.6 cm³/mol. The van der Waals surface area contributed by atoms with Crippen LogP contribution in [0.25, 0.3) is 0 Å². The Hall–Kier alpha value is -0.580. The molecule has 1 amide bonds. The van der Waals surface area contributed by atoms with Crippen LogP contribution in [0.5, 0.6) is 0 Å². The van der Waals surface area contributed by atoms with E-state index in [0.717, 1.165) is 25.1 Å². The highest BCUT2D eigenvalue weighted by atomic mass is 35.5. The zero-order chi connectivity index (χ0) is 11.4. The van der Waals surface area contributed by atoms with Gasteiger partial charge in [0.25, 0.3) is 0 Å². The molecule has 17 heavy (non-hydrogen) atoms. The molecule has 1 saturated heterocycles. The molecule has 0 saturated carbocycles. The van der Waals surface area contributed by atoms with Crippen molar-refractivity contribution in [1.82, 2.24) is 4.90 Å². The fourth-order valence-electron chi connectivity index (χ4n) is 2.16. The van der Waals surface area contributed by atoms with E-state index in [1.807, 2.05) is 21.7 Å². The van der Waals surface area contributed by atoms with Gasteiger partial charge in [-0.15, -0.1) is 12.4 Å². The van der Waals surface area contributed by atoms with Gasteiger partial charge in [0.05, 0.1) is 6.42 Å². The molecule has 1 unspecified atom stereocenters. The van der Waals surface area contributed by atoms with E-state index in [0.29, 0.717) is 18.9 Å². The molecular formula is C12H19ClN2OS. The Morgan fingerprint density at radius 2 is 2.41 bits per heavy atom. The molecule has 0 radical (unpaired) electrons. The van der Waals surface area contributed by atoms with Gasteiger partial charge in [0, 0.05) is 13.1 Å². The number of halogens is 1. The molecule has 0 bridgehead atoms. The Morgan fingerprint density at radius 1 is 1.59 bits per heavy atom. The molecule has 0 aliphatic carbocycles. The number of nitrogens with two attached hydrogens (primary N) is 1. The van der Waals surface area contributed by atoms with Gasteiger partial charge in [0.1, 0.15) is 0 Å². The van der Waals surface area contributed by atoms with Crippen LogP contribution in [0.3, 0.4) is 0 Å². The lowest BCUT2D eigenvalue weighted by Gasteiger charge is -2.32. The third-order valence-electron chi connectivity index (χ3n) is 3.14. The Labute approximate surface area is 112 Å². The van der Waals surface area contributed by atoms with Gasteiger partial charge in [0.2, 0.25) is 5.91 Å². The fraction of sp³-hybridized carbons (Fsp3) is 0.583. The number of nitrogens with zero attached hydrogens (tertiary/aromatic N) is 1. The summed E-state index contributed by atoms with van der Waals surface area (Å²) in [6.45, 7) is 2.45. The van der Waals surface area contributed by atoms with Crippen molar-refractivity contribution in [3.05, 3.63) is 22.4 Å². The summed E-state index contributed by atoms with van der Waals surface area (Å²) >= 11 is 1.64. The van der Waals surface area contributed by atoms with Gasteiger partial charge in [0.15, 0.2) is 0 Å². The Kier molecular flexibility index (Phi) is 5.95. The highest BCUT2D eigenvalue weighted by Gasteiger charge is 2.22. The predicted octanol–water partition coefficient (Wildman–Crippen LogP) is 1.91. The van der Waals surface area contributed by atoms with Gasteiger partial charge in [-0.2, -0.15) is 11.3 Å². The molecule has 2 rings (SSSR count). The van der Waals surface area contributed by atoms with E-state index in [1.165, 1.54) is 6.42 Å². The van der Waals surface area contributed by atoms with Crippen LogP contribution in [0.2, 0.25) is 0 Å². The quantitative estimate of drug-likeness (QED) is 0.915. The molecule has 1 atom stereocenters. The van der Waals surface area contributed by atoms with E-state index in [4.69, 9.17) is 5.73 Å². The first-order valence-electron chi connectivity index (χ1n) is 5.78. The summed E-state index contributed by atoms with van der Waals surface area (Å²) in [6, 6.07) is 2.02. The number of amides is 1. The second kappa shape index (κ2) is 6.99. The molecule has 1 fully saturated rings. The molecule has 1 aliphatic heterocycles. The minimum absolute atomic E-state index is 0. The SMILES string of the molecule is Cl.NCC1CCCN(C(=O)Cc2ccsc2)C1. The van der Waals surface area contributed by atoms with Crippen LogP contribution in [0.1, 0.15) is 18.4 Å². The highest BCUT2D eigenvalue weighted by Crippen LogP contribution is 2.17. The van der Waals surface area contributed by atoms with Gasteiger partial charge in [-0.25, -0.2) is 0 Å². The molecule has 5 heteroatoms. The van der Waals surface area contributed by atoms with E-state index in [-0.39, 0.29) is 18.3 Å². The standard InChI is InChI=1S/C12H18N2OS.ClH/c13-7-11-2-1-4-14(8-11)12(15)6-10-3-5-16-9-10;/h3,5,9,11H,1-2,4,6-8,13H2;1H. The Morgan fingerprint density at radius 3 is 3.06 bits per heavy atom. The number of likely N-dealkylation sites (tertiary alicyclic amines) is 1. The number of hydrogen-bond donors (Lipinski definition) is 1. The van der Waals surface area contributed by atoms with E-state index < -0.39 is 0 Å². The van der Waals surface area contributed by atoms with Gasteiger partial charge in [-0.05, 0) is 47.7 Å².